The Morgan fingerprint density at radius 1 is 1.45 bits per heavy atom. The molecule has 1 aromatic carbocycles. The molecule has 118 valence electrons. The molecule has 0 unspecified atom stereocenters. The number of para-hydroxylation sites is 1. The number of hydrogen-bond acceptors (Lipinski definition) is 3. The Kier molecular flexibility index (Phi) is 4.43. The first kappa shape index (κ1) is 15.0. The maximum Gasteiger partial charge on any atom is 0.223 e. The van der Waals surface area contributed by atoms with E-state index in [2.05, 4.69) is 15.3 Å². The van der Waals surface area contributed by atoms with Crippen LogP contribution in [-0.2, 0) is 11.2 Å². The van der Waals surface area contributed by atoms with Crippen molar-refractivity contribution < 1.29 is 9.90 Å². The lowest BCUT2D eigenvalue weighted by Gasteiger charge is -2.24. The second kappa shape index (κ2) is 6.48. The van der Waals surface area contributed by atoms with Gasteiger partial charge in [-0.3, -0.25) is 4.79 Å². The van der Waals surface area contributed by atoms with Gasteiger partial charge in [0.2, 0.25) is 5.91 Å². The summed E-state index contributed by atoms with van der Waals surface area (Å²) in [5.74, 6) is 0.918. The van der Waals surface area contributed by atoms with Gasteiger partial charge in [-0.25, -0.2) is 4.98 Å². The molecule has 1 heterocycles. The first-order chi connectivity index (χ1) is 10.6. The number of rotatable bonds is 4. The van der Waals surface area contributed by atoms with Gasteiger partial charge in [-0.15, -0.1) is 0 Å². The normalized spacial score (nSPS) is 21.9. The van der Waals surface area contributed by atoms with Crippen molar-refractivity contribution in [2.45, 2.75) is 45.1 Å². The minimum atomic E-state index is -0.317. The number of amides is 1. The van der Waals surface area contributed by atoms with Gasteiger partial charge in [0.15, 0.2) is 0 Å². The van der Waals surface area contributed by atoms with Gasteiger partial charge in [-0.05, 0) is 37.8 Å². The molecule has 0 spiro atoms. The molecule has 3 rings (SSSR count). The SMILES string of the molecule is Cc1cccc2[nH]c(CCNC(=O)[C@H]3CCC[C@@H](O)C3)nc12. The summed E-state index contributed by atoms with van der Waals surface area (Å²) < 4.78 is 0. The van der Waals surface area contributed by atoms with E-state index in [0.29, 0.717) is 19.4 Å². The zero-order valence-electron chi connectivity index (χ0n) is 12.9. The summed E-state index contributed by atoms with van der Waals surface area (Å²) in [6, 6.07) is 6.07. The monoisotopic (exact) mass is 301 g/mol. The molecule has 22 heavy (non-hydrogen) atoms. The van der Waals surface area contributed by atoms with E-state index in [0.717, 1.165) is 41.7 Å². The lowest BCUT2D eigenvalue weighted by Crippen LogP contribution is -2.36. The predicted molar refractivity (Wildman–Crippen MR) is 85.5 cm³/mol. The maximum absolute atomic E-state index is 12.1. The fourth-order valence-corrected chi connectivity index (χ4v) is 3.20. The molecule has 5 nitrogen and oxygen atoms in total. The lowest BCUT2D eigenvalue weighted by atomic mass is 9.87. The highest BCUT2D eigenvalue weighted by atomic mass is 16.3. The average Bonchev–Trinajstić information content (AvgIpc) is 2.91. The Hall–Kier alpha value is -1.88. The average molecular weight is 301 g/mol. The highest BCUT2D eigenvalue weighted by Crippen LogP contribution is 2.24. The molecule has 1 aliphatic rings. The van der Waals surface area contributed by atoms with Crippen LogP contribution in [-0.4, -0.2) is 33.6 Å². The largest absolute Gasteiger partial charge is 0.393 e. The van der Waals surface area contributed by atoms with Gasteiger partial charge in [-0.2, -0.15) is 0 Å². The van der Waals surface area contributed by atoms with E-state index in [-0.39, 0.29) is 17.9 Å². The zero-order valence-corrected chi connectivity index (χ0v) is 12.9. The van der Waals surface area contributed by atoms with E-state index in [1.165, 1.54) is 0 Å². The molecule has 0 bridgehead atoms. The molecule has 1 aliphatic carbocycles. The van der Waals surface area contributed by atoms with Crippen LogP contribution < -0.4 is 5.32 Å². The Labute approximate surface area is 130 Å². The second-order valence-corrected chi connectivity index (χ2v) is 6.21. The van der Waals surface area contributed by atoms with Gasteiger partial charge in [0.05, 0.1) is 17.1 Å². The third-order valence-corrected chi connectivity index (χ3v) is 4.44. The van der Waals surface area contributed by atoms with Crippen molar-refractivity contribution in [3.8, 4) is 0 Å². The standard InChI is InChI=1S/C17H23N3O2/c1-11-4-2-7-14-16(11)20-15(19-14)8-9-18-17(22)12-5-3-6-13(21)10-12/h2,4,7,12-13,21H,3,5-6,8-10H2,1H3,(H,18,22)(H,19,20)/t12-,13+/m0/s1. The number of H-pyrrole nitrogens is 1. The van der Waals surface area contributed by atoms with Crippen molar-refractivity contribution in [3.63, 3.8) is 0 Å². The minimum absolute atomic E-state index is 0.0401. The molecular formula is C17H23N3O2. The number of aliphatic hydroxyl groups is 1. The van der Waals surface area contributed by atoms with Crippen LogP contribution in [0.3, 0.4) is 0 Å². The molecule has 1 saturated carbocycles. The number of aryl methyl sites for hydroxylation is 1. The van der Waals surface area contributed by atoms with Gasteiger partial charge in [0.1, 0.15) is 5.82 Å². The summed E-state index contributed by atoms with van der Waals surface area (Å²) >= 11 is 0. The highest BCUT2D eigenvalue weighted by Gasteiger charge is 2.25. The number of aromatic amines is 1. The van der Waals surface area contributed by atoms with Gasteiger partial charge >= 0.3 is 0 Å². The summed E-state index contributed by atoms with van der Waals surface area (Å²) in [6.45, 7) is 2.62. The van der Waals surface area contributed by atoms with Gasteiger partial charge < -0.3 is 15.4 Å². The number of benzene rings is 1. The number of fused-ring (bicyclic) bond motifs is 1. The summed E-state index contributed by atoms with van der Waals surface area (Å²) in [5, 5.41) is 12.6. The molecule has 5 heteroatoms. The van der Waals surface area contributed by atoms with Crippen molar-refractivity contribution in [1.29, 1.82) is 0 Å². The number of aromatic nitrogens is 2. The highest BCUT2D eigenvalue weighted by molar-refractivity contribution is 5.79. The van der Waals surface area contributed by atoms with Gasteiger partial charge in [-0.1, -0.05) is 18.6 Å². The molecule has 0 saturated heterocycles. The van der Waals surface area contributed by atoms with Crippen molar-refractivity contribution in [3.05, 3.63) is 29.6 Å². The summed E-state index contributed by atoms with van der Waals surface area (Å²) in [4.78, 5) is 20.0. The van der Waals surface area contributed by atoms with Crippen molar-refractivity contribution in [2.24, 2.45) is 5.92 Å². The van der Waals surface area contributed by atoms with Crippen molar-refractivity contribution >= 4 is 16.9 Å². The summed E-state index contributed by atoms with van der Waals surface area (Å²) in [7, 11) is 0. The van der Waals surface area contributed by atoms with Crippen LogP contribution in [0.25, 0.3) is 11.0 Å². The third-order valence-electron chi connectivity index (χ3n) is 4.44. The molecule has 0 aliphatic heterocycles. The first-order valence-corrected chi connectivity index (χ1v) is 8.03. The van der Waals surface area contributed by atoms with Crippen LogP contribution in [0, 0.1) is 12.8 Å². The van der Waals surface area contributed by atoms with E-state index in [9.17, 15) is 9.90 Å². The first-order valence-electron chi connectivity index (χ1n) is 8.03. The number of nitrogens with one attached hydrogen (secondary N) is 2. The zero-order chi connectivity index (χ0) is 15.5. The van der Waals surface area contributed by atoms with E-state index >= 15 is 0 Å². The Bertz CT molecular complexity index is 665. The summed E-state index contributed by atoms with van der Waals surface area (Å²) in [6.07, 6.45) is 3.60. The smallest absolute Gasteiger partial charge is 0.223 e. The fraction of sp³-hybridized carbons (Fsp3) is 0.529. The Balaban J connectivity index is 1.53. The van der Waals surface area contributed by atoms with Gasteiger partial charge in [0, 0.05) is 18.9 Å². The number of imidazole rings is 1. The summed E-state index contributed by atoms with van der Waals surface area (Å²) in [5.41, 5.74) is 3.19. The van der Waals surface area contributed by atoms with E-state index in [1.807, 2.05) is 25.1 Å². The van der Waals surface area contributed by atoms with Crippen LogP contribution in [0.15, 0.2) is 18.2 Å². The topological polar surface area (TPSA) is 78.0 Å². The molecule has 2 aromatic rings. The number of aliphatic hydroxyl groups excluding tert-OH is 1. The van der Waals surface area contributed by atoms with Crippen LogP contribution >= 0.6 is 0 Å². The molecule has 0 radical (unpaired) electrons. The molecule has 2 atom stereocenters. The Morgan fingerprint density at radius 2 is 2.32 bits per heavy atom. The fourth-order valence-electron chi connectivity index (χ4n) is 3.20. The predicted octanol–water partition coefficient (Wildman–Crippen LogP) is 2.08. The van der Waals surface area contributed by atoms with Crippen LogP contribution in [0.5, 0.6) is 0 Å². The Morgan fingerprint density at radius 3 is 3.09 bits per heavy atom. The molecule has 1 fully saturated rings. The third kappa shape index (κ3) is 3.30. The lowest BCUT2D eigenvalue weighted by molar-refractivity contribution is -0.127. The number of carbonyl (C=O) groups excluding carboxylic acids is 1. The second-order valence-electron chi connectivity index (χ2n) is 6.21. The number of hydrogen-bond donors (Lipinski definition) is 3. The molecule has 1 aromatic heterocycles. The van der Waals surface area contributed by atoms with Crippen LogP contribution in [0.2, 0.25) is 0 Å². The molecule has 1 amide bonds. The van der Waals surface area contributed by atoms with Gasteiger partial charge in [0.25, 0.3) is 0 Å². The quantitative estimate of drug-likeness (QED) is 0.809. The van der Waals surface area contributed by atoms with E-state index < -0.39 is 0 Å². The molecule has 3 N–H and O–H groups in total. The van der Waals surface area contributed by atoms with Crippen LogP contribution in [0.4, 0.5) is 0 Å². The number of carbonyl (C=O) groups is 1. The van der Waals surface area contributed by atoms with Crippen molar-refractivity contribution in [1.82, 2.24) is 15.3 Å². The van der Waals surface area contributed by atoms with E-state index in [1.54, 1.807) is 0 Å². The maximum atomic E-state index is 12.1. The van der Waals surface area contributed by atoms with Crippen molar-refractivity contribution in [2.75, 3.05) is 6.54 Å². The number of nitrogens with zero attached hydrogens (tertiary/aromatic N) is 1. The van der Waals surface area contributed by atoms with Crippen LogP contribution in [0.1, 0.15) is 37.1 Å². The molecular weight excluding hydrogens is 278 g/mol. The van der Waals surface area contributed by atoms with E-state index in [4.69, 9.17) is 0 Å². The minimum Gasteiger partial charge on any atom is -0.393 e.